The lowest BCUT2D eigenvalue weighted by Gasteiger charge is -2.19. The van der Waals surface area contributed by atoms with Gasteiger partial charge in [-0.15, -0.1) is 0 Å². The number of carbonyl (C=O) groups excluding carboxylic acids is 1. The molecule has 0 aromatic heterocycles. The van der Waals surface area contributed by atoms with E-state index < -0.39 is 23.9 Å². The fourth-order valence-corrected chi connectivity index (χ4v) is 1.52. The molecule has 1 rings (SSSR count). The van der Waals surface area contributed by atoms with Gasteiger partial charge in [0, 0.05) is 5.69 Å². The molecule has 0 saturated carbocycles. The molecular weight excluding hydrogens is 285 g/mol. The number of nitrogens with one attached hydrogen (secondary N) is 1. The minimum absolute atomic E-state index is 0.309. The molecule has 1 amide bonds. The molecule has 0 spiro atoms. The van der Waals surface area contributed by atoms with Crippen molar-refractivity contribution >= 4 is 11.8 Å². The number of amides is 1. The minimum atomic E-state index is -4.42. The van der Waals surface area contributed by atoms with Crippen molar-refractivity contribution in [3.8, 4) is 0 Å². The van der Waals surface area contributed by atoms with Crippen LogP contribution < -0.4 is 11.1 Å². The van der Waals surface area contributed by atoms with Gasteiger partial charge in [0.1, 0.15) is 11.6 Å². The molecule has 0 fully saturated rings. The molecule has 7 heteroatoms. The average molecular weight is 304 g/mol. The molecule has 1 aromatic carbocycles. The zero-order valence-corrected chi connectivity index (χ0v) is 12.1. The highest BCUT2D eigenvalue weighted by molar-refractivity contribution is 5.84. The summed E-state index contributed by atoms with van der Waals surface area (Å²) in [6, 6.07) is 4.07. The van der Waals surface area contributed by atoms with Gasteiger partial charge in [-0.2, -0.15) is 13.2 Å². The SMILES string of the molecule is CC(C)(C)OC(=O)Nc1ccc(CC(N)C(F)(F)F)cc1. The molecule has 0 saturated heterocycles. The average Bonchev–Trinajstić information content (AvgIpc) is 2.27. The molecule has 3 N–H and O–H groups in total. The van der Waals surface area contributed by atoms with E-state index in [0.29, 0.717) is 11.3 Å². The number of ether oxygens (including phenoxy) is 1. The predicted molar refractivity (Wildman–Crippen MR) is 74.0 cm³/mol. The quantitative estimate of drug-likeness (QED) is 0.898. The standard InChI is InChI=1S/C14H19F3N2O2/c1-13(2,3)21-12(20)19-10-6-4-9(5-7-10)8-11(18)14(15,16)17/h4-7,11H,8,18H2,1-3H3,(H,19,20). The van der Waals surface area contributed by atoms with Crippen LogP contribution in [0.2, 0.25) is 0 Å². The van der Waals surface area contributed by atoms with Gasteiger partial charge < -0.3 is 10.5 Å². The van der Waals surface area contributed by atoms with E-state index in [2.05, 4.69) is 5.32 Å². The molecule has 1 atom stereocenters. The van der Waals surface area contributed by atoms with Crippen molar-refractivity contribution in [3.05, 3.63) is 29.8 Å². The molecule has 1 aromatic rings. The van der Waals surface area contributed by atoms with Crippen LogP contribution in [0.5, 0.6) is 0 Å². The predicted octanol–water partition coefficient (Wildman–Crippen LogP) is 3.47. The van der Waals surface area contributed by atoms with Gasteiger partial charge in [0.25, 0.3) is 0 Å². The minimum Gasteiger partial charge on any atom is -0.444 e. The van der Waals surface area contributed by atoms with Crippen molar-refractivity contribution < 1.29 is 22.7 Å². The molecule has 4 nitrogen and oxygen atoms in total. The summed E-state index contributed by atoms with van der Waals surface area (Å²) in [5.74, 6) is 0. The van der Waals surface area contributed by atoms with E-state index in [9.17, 15) is 18.0 Å². The molecule has 0 heterocycles. The number of hydrogen-bond donors (Lipinski definition) is 2. The zero-order valence-electron chi connectivity index (χ0n) is 12.1. The van der Waals surface area contributed by atoms with Crippen LogP contribution in [0, 0.1) is 0 Å². The van der Waals surface area contributed by atoms with Crippen molar-refractivity contribution in [2.45, 2.75) is 45.0 Å². The number of nitrogens with two attached hydrogens (primary N) is 1. The highest BCUT2D eigenvalue weighted by Gasteiger charge is 2.36. The zero-order chi connectivity index (χ0) is 16.3. The first-order valence-corrected chi connectivity index (χ1v) is 6.38. The first-order valence-electron chi connectivity index (χ1n) is 6.38. The van der Waals surface area contributed by atoms with Crippen molar-refractivity contribution in [2.24, 2.45) is 5.73 Å². The Morgan fingerprint density at radius 2 is 1.76 bits per heavy atom. The maximum absolute atomic E-state index is 12.3. The summed E-state index contributed by atoms with van der Waals surface area (Å²) in [5.41, 5.74) is 5.31. The van der Waals surface area contributed by atoms with Crippen LogP contribution in [0.15, 0.2) is 24.3 Å². The van der Waals surface area contributed by atoms with Gasteiger partial charge in [0.2, 0.25) is 0 Å². The lowest BCUT2D eigenvalue weighted by atomic mass is 10.1. The van der Waals surface area contributed by atoms with Gasteiger partial charge in [-0.3, -0.25) is 5.32 Å². The smallest absolute Gasteiger partial charge is 0.412 e. The topological polar surface area (TPSA) is 64.3 Å². The number of halogens is 3. The van der Waals surface area contributed by atoms with Crippen molar-refractivity contribution in [1.29, 1.82) is 0 Å². The maximum atomic E-state index is 12.3. The number of alkyl halides is 3. The van der Waals surface area contributed by atoms with Crippen LogP contribution in [0.25, 0.3) is 0 Å². The van der Waals surface area contributed by atoms with Gasteiger partial charge in [0.05, 0.1) is 0 Å². The number of carbonyl (C=O) groups is 1. The van der Waals surface area contributed by atoms with Crippen LogP contribution in [-0.2, 0) is 11.2 Å². The highest BCUT2D eigenvalue weighted by atomic mass is 19.4. The van der Waals surface area contributed by atoms with E-state index in [0.717, 1.165) is 0 Å². The summed E-state index contributed by atoms with van der Waals surface area (Å²) in [4.78, 5) is 11.5. The van der Waals surface area contributed by atoms with E-state index >= 15 is 0 Å². The van der Waals surface area contributed by atoms with E-state index in [1.165, 1.54) is 24.3 Å². The van der Waals surface area contributed by atoms with E-state index in [1.54, 1.807) is 20.8 Å². The lowest BCUT2D eigenvalue weighted by molar-refractivity contribution is -0.147. The first kappa shape index (κ1) is 17.3. The highest BCUT2D eigenvalue weighted by Crippen LogP contribution is 2.22. The van der Waals surface area contributed by atoms with Crippen molar-refractivity contribution in [3.63, 3.8) is 0 Å². The summed E-state index contributed by atoms with van der Waals surface area (Å²) in [5, 5.41) is 2.49. The molecule has 21 heavy (non-hydrogen) atoms. The molecule has 1 unspecified atom stereocenters. The summed E-state index contributed by atoms with van der Waals surface area (Å²) in [6.45, 7) is 5.19. The van der Waals surface area contributed by atoms with Gasteiger partial charge in [0.15, 0.2) is 0 Å². The first-order chi connectivity index (χ1) is 9.47. The largest absolute Gasteiger partial charge is 0.444 e. The van der Waals surface area contributed by atoms with Crippen molar-refractivity contribution in [1.82, 2.24) is 0 Å². The Balaban J connectivity index is 2.60. The Morgan fingerprint density at radius 3 is 2.19 bits per heavy atom. The monoisotopic (exact) mass is 304 g/mol. The Kier molecular flexibility index (Phi) is 5.22. The second-order valence-electron chi connectivity index (χ2n) is 5.68. The number of hydrogen-bond acceptors (Lipinski definition) is 3. The fraction of sp³-hybridized carbons (Fsp3) is 0.500. The molecule has 0 aliphatic rings. The third-order valence-corrected chi connectivity index (χ3v) is 2.48. The van der Waals surface area contributed by atoms with Crippen LogP contribution in [0.1, 0.15) is 26.3 Å². The normalized spacial score (nSPS) is 13.7. The van der Waals surface area contributed by atoms with E-state index in [-0.39, 0.29) is 6.42 Å². The summed E-state index contributed by atoms with van der Waals surface area (Å²) in [7, 11) is 0. The second-order valence-corrected chi connectivity index (χ2v) is 5.68. The fourth-order valence-electron chi connectivity index (χ4n) is 1.52. The number of rotatable bonds is 3. The van der Waals surface area contributed by atoms with Gasteiger partial charge in [-0.05, 0) is 44.9 Å². The van der Waals surface area contributed by atoms with E-state index in [1.807, 2.05) is 0 Å². The molecular formula is C14H19F3N2O2. The van der Waals surface area contributed by atoms with E-state index in [4.69, 9.17) is 10.5 Å². The van der Waals surface area contributed by atoms with Crippen LogP contribution in [-0.4, -0.2) is 23.9 Å². The molecule has 0 bridgehead atoms. The maximum Gasteiger partial charge on any atom is 0.412 e. The Hall–Kier alpha value is -1.76. The van der Waals surface area contributed by atoms with Crippen LogP contribution in [0.4, 0.5) is 23.7 Å². The number of benzene rings is 1. The lowest BCUT2D eigenvalue weighted by Crippen LogP contribution is -2.39. The third kappa shape index (κ3) is 6.48. The molecule has 0 aliphatic heterocycles. The molecule has 0 aliphatic carbocycles. The van der Waals surface area contributed by atoms with Gasteiger partial charge >= 0.3 is 12.3 Å². The van der Waals surface area contributed by atoms with Crippen LogP contribution in [0.3, 0.4) is 0 Å². The Morgan fingerprint density at radius 1 is 1.24 bits per heavy atom. The Labute approximate surface area is 121 Å². The summed E-state index contributed by atoms with van der Waals surface area (Å²) >= 11 is 0. The van der Waals surface area contributed by atoms with Crippen molar-refractivity contribution in [2.75, 3.05) is 5.32 Å². The number of anilines is 1. The third-order valence-electron chi connectivity index (χ3n) is 2.48. The summed E-state index contributed by atoms with van der Waals surface area (Å²) in [6.07, 6.45) is -5.36. The molecule has 0 radical (unpaired) electrons. The summed E-state index contributed by atoms with van der Waals surface area (Å²) < 4.78 is 42.1. The second kappa shape index (κ2) is 6.34. The molecule has 118 valence electrons. The Bertz CT molecular complexity index is 478. The van der Waals surface area contributed by atoms with Gasteiger partial charge in [-0.1, -0.05) is 12.1 Å². The van der Waals surface area contributed by atoms with Crippen LogP contribution >= 0.6 is 0 Å². The van der Waals surface area contributed by atoms with Gasteiger partial charge in [-0.25, -0.2) is 4.79 Å².